The standard InChI is InChI=1S/C14H22N2O/c1-8-6-9(2)11(4)14(10(8)3)12(5)16-13(17)7-15/h6,12H,7,15H2,1-5H3,(H,16,17). The van der Waals surface area contributed by atoms with Crippen LogP contribution >= 0.6 is 0 Å². The van der Waals surface area contributed by atoms with Gasteiger partial charge in [0.1, 0.15) is 0 Å². The van der Waals surface area contributed by atoms with Crippen LogP contribution in [0.2, 0.25) is 0 Å². The summed E-state index contributed by atoms with van der Waals surface area (Å²) < 4.78 is 0. The highest BCUT2D eigenvalue weighted by atomic mass is 16.1. The van der Waals surface area contributed by atoms with Gasteiger partial charge < -0.3 is 11.1 Å². The minimum absolute atomic E-state index is 0.00431. The largest absolute Gasteiger partial charge is 0.348 e. The van der Waals surface area contributed by atoms with Crippen LogP contribution in [0, 0.1) is 27.7 Å². The van der Waals surface area contributed by atoms with Crippen LogP contribution in [0.1, 0.15) is 40.8 Å². The summed E-state index contributed by atoms with van der Waals surface area (Å²) >= 11 is 0. The number of nitrogens with one attached hydrogen (secondary N) is 1. The van der Waals surface area contributed by atoms with Gasteiger partial charge in [-0.2, -0.15) is 0 Å². The topological polar surface area (TPSA) is 55.1 Å². The number of carbonyl (C=O) groups excluding carboxylic acids is 1. The van der Waals surface area contributed by atoms with Gasteiger partial charge >= 0.3 is 0 Å². The summed E-state index contributed by atoms with van der Waals surface area (Å²) in [6.07, 6.45) is 0. The molecule has 3 nitrogen and oxygen atoms in total. The third-order valence-corrected chi connectivity index (χ3v) is 3.42. The first-order valence-corrected chi connectivity index (χ1v) is 5.95. The van der Waals surface area contributed by atoms with Gasteiger partial charge in [-0.05, 0) is 62.4 Å². The van der Waals surface area contributed by atoms with Crippen LogP contribution in [0.5, 0.6) is 0 Å². The Hall–Kier alpha value is -1.35. The normalized spacial score (nSPS) is 12.4. The smallest absolute Gasteiger partial charge is 0.234 e. The molecule has 1 aromatic rings. The molecule has 94 valence electrons. The molecule has 0 spiro atoms. The zero-order chi connectivity index (χ0) is 13.2. The van der Waals surface area contributed by atoms with E-state index in [-0.39, 0.29) is 18.5 Å². The SMILES string of the molecule is Cc1cc(C)c(C)c(C(C)NC(=O)CN)c1C. The monoisotopic (exact) mass is 234 g/mol. The number of hydrogen-bond donors (Lipinski definition) is 2. The number of benzene rings is 1. The number of carbonyl (C=O) groups is 1. The highest BCUT2D eigenvalue weighted by Gasteiger charge is 2.16. The van der Waals surface area contributed by atoms with E-state index in [1.54, 1.807) is 0 Å². The molecule has 0 saturated heterocycles. The van der Waals surface area contributed by atoms with Crippen molar-refractivity contribution in [3.8, 4) is 0 Å². The fourth-order valence-corrected chi connectivity index (χ4v) is 2.27. The molecule has 1 unspecified atom stereocenters. The number of nitrogens with two attached hydrogens (primary N) is 1. The van der Waals surface area contributed by atoms with Gasteiger partial charge in [-0.3, -0.25) is 4.79 Å². The molecule has 0 fully saturated rings. The Morgan fingerprint density at radius 3 is 2.12 bits per heavy atom. The summed E-state index contributed by atoms with van der Waals surface area (Å²) in [5, 5.41) is 2.92. The van der Waals surface area contributed by atoms with E-state index in [9.17, 15) is 4.79 Å². The molecule has 0 radical (unpaired) electrons. The minimum Gasteiger partial charge on any atom is -0.348 e. The Morgan fingerprint density at radius 1 is 1.24 bits per heavy atom. The number of hydrogen-bond acceptors (Lipinski definition) is 2. The van der Waals surface area contributed by atoms with Crippen LogP contribution < -0.4 is 11.1 Å². The first-order chi connectivity index (χ1) is 7.88. The second kappa shape index (κ2) is 5.32. The average Bonchev–Trinajstić information content (AvgIpc) is 2.26. The predicted octanol–water partition coefficient (Wildman–Crippen LogP) is 2.06. The van der Waals surface area contributed by atoms with Crippen molar-refractivity contribution in [3.63, 3.8) is 0 Å². The molecule has 3 N–H and O–H groups in total. The summed E-state index contributed by atoms with van der Waals surface area (Å²) in [5.74, 6) is -0.115. The third kappa shape index (κ3) is 2.86. The van der Waals surface area contributed by atoms with Crippen LogP contribution in [0.25, 0.3) is 0 Å². The second-order valence-corrected chi connectivity index (χ2v) is 4.67. The third-order valence-electron chi connectivity index (χ3n) is 3.42. The van der Waals surface area contributed by atoms with Gasteiger partial charge in [-0.1, -0.05) is 6.07 Å². The summed E-state index contributed by atoms with van der Waals surface area (Å²) in [4.78, 5) is 11.4. The van der Waals surface area contributed by atoms with Crippen molar-refractivity contribution < 1.29 is 4.79 Å². The maximum Gasteiger partial charge on any atom is 0.234 e. The summed E-state index contributed by atoms with van der Waals surface area (Å²) in [6.45, 7) is 10.4. The molecular weight excluding hydrogens is 212 g/mol. The first kappa shape index (κ1) is 13.7. The number of rotatable bonds is 3. The average molecular weight is 234 g/mol. The molecule has 17 heavy (non-hydrogen) atoms. The molecule has 0 heterocycles. The van der Waals surface area contributed by atoms with E-state index in [4.69, 9.17) is 5.73 Å². The fourth-order valence-electron chi connectivity index (χ4n) is 2.27. The van der Waals surface area contributed by atoms with Gasteiger partial charge in [0.25, 0.3) is 0 Å². The zero-order valence-electron chi connectivity index (χ0n) is 11.3. The van der Waals surface area contributed by atoms with E-state index in [1.807, 2.05) is 6.92 Å². The molecule has 1 amide bonds. The second-order valence-electron chi connectivity index (χ2n) is 4.67. The molecule has 0 aliphatic rings. The Balaban J connectivity index is 3.16. The van der Waals surface area contributed by atoms with E-state index in [0.29, 0.717) is 0 Å². The van der Waals surface area contributed by atoms with Gasteiger partial charge in [0.05, 0.1) is 12.6 Å². The molecule has 0 bridgehead atoms. The molecule has 0 aliphatic carbocycles. The van der Waals surface area contributed by atoms with E-state index in [2.05, 4.69) is 39.1 Å². The van der Waals surface area contributed by atoms with Crippen molar-refractivity contribution >= 4 is 5.91 Å². The lowest BCUT2D eigenvalue weighted by Crippen LogP contribution is -2.33. The summed E-state index contributed by atoms with van der Waals surface area (Å²) in [6, 6.07) is 2.19. The van der Waals surface area contributed by atoms with Crippen molar-refractivity contribution in [2.45, 2.75) is 40.7 Å². The van der Waals surface area contributed by atoms with Crippen molar-refractivity contribution in [3.05, 3.63) is 33.9 Å². The Morgan fingerprint density at radius 2 is 1.71 bits per heavy atom. The van der Waals surface area contributed by atoms with Gasteiger partial charge in [0, 0.05) is 0 Å². The molecular formula is C14H22N2O. The highest BCUT2D eigenvalue weighted by Crippen LogP contribution is 2.26. The van der Waals surface area contributed by atoms with Gasteiger partial charge in [-0.15, -0.1) is 0 Å². The maximum absolute atomic E-state index is 11.4. The van der Waals surface area contributed by atoms with Crippen LogP contribution in [0.4, 0.5) is 0 Å². The van der Waals surface area contributed by atoms with Crippen molar-refractivity contribution in [2.75, 3.05) is 6.54 Å². The fraction of sp³-hybridized carbons (Fsp3) is 0.500. The van der Waals surface area contributed by atoms with Crippen LogP contribution in [-0.2, 0) is 4.79 Å². The van der Waals surface area contributed by atoms with Crippen molar-refractivity contribution in [2.24, 2.45) is 5.73 Å². The van der Waals surface area contributed by atoms with E-state index >= 15 is 0 Å². The van der Waals surface area contributed by atoms with Crippen molar-refractivity contribution in [1.82, 2.24) is 5.32 Å². The Kier molecular flexibility index (Phi) is 4.29. The van der Waals surface area contributed by atoms with Crippen LogP contribution in [0.15, 0.2) is 6.07 Å². The molecule has 1 atom stereocenters. The van der Waals surface area contributed by atoms with Crippen LogP contribution in [-0.4, -0.2) is 12.5 Å². The van der Waals surface area contributed by atoms with Gasteiger partial charge in [0.2, 0.25) is 5.91 Å². The maximum atomic E-state index is 11.4. The Bertz CT molecular complexity index is 412. The van der Waals surface area contributed by atoms with Crippen molar-refractivity contribution in [1.29, 1.82) is 0 Å². The quantitative estimate of drug-likeness (QED) is 0.841. The highest BCUT2D eigenvalue weighted by molar-refractivity contribution is 5.78. The van der Waals surface area contributed by atoms with Gasteiger partial charge in [-0.25, -0.2) is 0 Å². The number of aryl methyl sites for hydroxylation is 2. The minimum atomic E-state index is -0.115. The molecule has 1 aromatic carbocycles. The van der Waals surface area contributed by atoms with Gasteiger partial charge in [0.15, 0.2) is 0 Å². The summed E-state index contributed by atoms with van der Waals surface area (Å²) in [7, 11) is 0. The summed E-state index contributed by atoms with van der Waals surface area (Å²) in [5.41, 5.74) is 11.6. The molecule has 1 rings (SSSR count). The molecule has 0 saturated carbocycles. The zero-order valence-corrected chi connectivity index (χ0v) is 11.3. The number of amides is 1. The predicted molar refractivity (Wildman–Crippen MR) is 71.0 cm³/mol. The first-order valence-electron chi connectivity index (χ1n) is 5.95. The van der Waals surface area contributed by atoms with E-state index in [1.165, 1.54) is 27.8 Å². The molecule has 0 aromatic heterocycles. The lowest BCUT2D eigenvalue weighted by Gasteiger charge is -2.22. The molecule has 0 aliphatic heterocycles. The van der Waals surface area contributed by atoms with E-state index in [0.717, 1.165) is 0 Å². The Labute approximate surface area is 103 Å². The molecule has 3 heteroatoms. The lowest BCUT2D eigenvalue weighted by molar-refractivity contribution is -0.120. The van der Waals surface area contributed by atoms with E-state index < -0.39 is 0 Å². The van der Waals surface area contributed by atoms with Crippen LogP contribution in [0.3, 0.4) is 0 Å². The lowest BCUT2D eigenvalue weighted by atomic mass is 9.90.